The molecule has 0 aliphatic heterocycles. The largest absolute Gasteiger partial charge is 0.497 e. The Balaban J connectivity index is 1.73. The number of carbonyl (C=O) groups excluding carboxylic acids is 1. The first kappa shape index (κ1) is 21.5. The zero-order valence-electron chi connectivity index (χ0n) is 16.8. The van der Waals surface area contributed by atoms with Gasteiger partial charge in [0.1, 0.15) is 11.8 Å². The van der Waals surface area contributed by atoms with Gasteiger partial charge in [-0.15, -0.1) is 0 Å². The maximum Gasteiger partial charge on any atom is 0.246 e. The van der Waals surface area contributed by atoms with Crippen LogP contribution in [-0.2, 0) is 21.4 Å². The van der Waals surface area contributed by atoms with E-state index < -0.39 is 22.0 Å². The first-order valence-corrected chi connectivity index (χ1v) is 10.9. The molecule has 30 heavy (non-hydrogen) atoms. The third kappa shape index (κ3) is 5.02. The van der Waals surface area contributed by atoms with Crippen LogP contribution in [0.3, 0.4) is 0 Å². The molecule has 0 saturated carbocycles. The molecule has 158 valence electrons. The second-order valence-electron chi connectivity index (χ2n) is 6.55. The summed E-state index contributed by atoms with van der Waals surface area (Å²) in [4.78, 5) is 17.1. The fraction of sp³-hybridized carbons (Fsp3) is 0.250. The highest BCUT2D eigenvalue weighted by molar-refractivity contribution is 7.88. The molecule has 0 saturated heterocycles. The highest BCUT2D eigenvalue weighted by Gasteiger charge is 2.30. The summed E-state index contributed by atoms with van der Waals surface area (Å²) in [6.45, 7) is -0.0388. The van der Waals surface area contributed by atoms with Crippen LogP contribution in [0.2, 0.25) is 0 Å². The molecule has 3 rings (SSSR count). The van der Waals surface area contributed by atoms with Gasteiger partial charge in [0, 0.05) is 12.6 Å². The van der Waals surface area contributed by atoms with E-state index in [1.165, 1.54) is 7.05 Å². The Morgan fingerprint density at radius 2 is 1.83 bits per heavy atom. The zero-order chi connectivity index (χ0) is 21.7. The second kappa shape index (κ2) is 9.06. The Labute approximate surface area is 174 Å². The Morgan fingerprint density at radius 3 is 2.43 bits per heavy atom. The molecule has 0 unspecified atom stereocenters. The molecule has 0 bridgehead atoms. The predicted molar refractivity (Wildman–Crippen MR) is 110 cm³/mol. The quantitative estimate of drug-likeness (QED) is 0.581. The molecule has 9 nitrogen and oxygen atoms in total. The summed E-state index contributed by atoms with van der Waals surface area (Å²) < 4.78 is 35.4. The fourth-order valence-electron chi connectivity index (χ4n) is 2.80. The molecule has 0 spiro atoms. The number of methoxy groups -OCH3 is 1. The number of nitrogens with zero attached hydrogens (tertiary/aromatic N) is 3. The van der Waals surface area contributed by atoms with Gasteiger partial charge in [0.15, 0.2) is 0 Å². The van der Waals surface area contributed by atoms with Gasteiger partial charge in [-0.1, -0.05) is 35.5 Å². The monoisotopic (exact) mass is 430 g/mol. The average Bonchev–Trinajstić information content (AvgIpc) is 3.21. The Hall–Kier alpha value is -3.24. The maximum atomic E-state index is 12.8. The van der Waals surface area contributed by atoms with E-state index in [1.807, 2.05) is 0 Å². The smallest absolute Gasteiger partial charge is 0.246 e. The number of hydrogen-bond donors (Lipinski definition) is 1. The Morgan fingerprint density at radius 1 is 1.17 bits per heavy atom. The van der Waals surface area contributed by atoms with E-state index in [2.05, 4.69) is 15.5 Å². The van der Waals surface area contributed by atoms with Crippen LogP contribution in [0, 0.1) is 0 Å². The van der Waals surface area contributed by atoms with E-state index in [9.17, 15) is 13.2 Å². The van der Waals surface area contributed by atoms with Crippen molar-refractivity contribution in [1.82, 2.24) is 19.8 Å². The van der Waals surface area contributed by atoms with Crippen LogP contribution in [0.4, 0.5) is 0 Å². The van der Waals surface area contributed by atoms with E-state index in [0.717, 1.165) is 16.1 Å². The van der Waals surface area contributed by atoms with Crippen molar-refractivity contribution in [3.05, 3.63) is 66.1 Å². The molecule has 3 aromatic rings. The van der Waals surface area contributed by atoms with Gasteiger partial charge in [-0.25, -0.2) is 8.42 Å². The van der Waals surface area contributed by atoms with Gasteiger partial charge in [0.2, 0.25) is 27.6 Å². The molecule has 0 aliphatic carbocycles. The summed E-state index contributed by atoms with van der Waals surface area (Å²) in [5.74, 6) is 0.771. The van der Waals surface area contributed by atoms with Crippen LogP contribution < -0.4 is 10.1 Å². The van der Waals surface area contributed by atoms with Crippen LogP contribution in [0.25, 0.3) is 11.4 Å². The Bertz CT molecular complexity index is 1100. The third-order valence-corrected chi connectivity index (χ3v) is 5.74. The van der Waals surface area contributed by atoms with Crippen molar-refractivity contribution in [2.24, 2.45) is 0 Å². The second-order valence-corrected chi connectivity index (χ2v) is 8.59. The minimum Gasteiger partial charge on any atom is -0.497 e. The van der Waals surface area contributed by atoms with Gasteiger partial charge in [0.25, 0.3) is 0 Å². The number of amides is 1. The molecule has 10 heteroatoms. The van der Waals surface area contributed by atoms with Gasteiger partial charge in [-0.05, 0) is 29.8 Å². The highest BCUT2D eigenvalue weighted by atomic mass is 32.2. The van der Waals surface area contributed by atoms with Crippen LogP contribution in [0.15, 0.2) is 59.1 Å². The van der Waals surface area contributed by atoms with Crippen molar-refractivity contribution in [2.75, 3.05) is 20.4 Å². The third-order valence-electron chi connectivity index (χ3n) is 4.48. The van der Waals surface area contributed by atoms with Crippen molar-refractivity contribution >= 4 is 15.9 Å². The zero-order valence-corrected chi connectivity index (χ0v) is 17.6. The normalized spacial score (nSPS) is 12.5. The number of carbonyl (C=O) groups is 1. The maximum absolute atomic E-state index is 12.8. The molecule has 0 fully saturated rings. The number of likely N-dealkylation sites (N-methyl/N-ethyl adjacent to an activating group) is 1. The van der Waals surface area contributed by atoms with Crippen molar-refractivity contribution in [3.63, 3.8) is 0 Å². The van der Waals surface area contributed by atoms with Crippen LogP contribution >= 0.6 is 0 Å². The van der Waals surface area contributed by atoms with Gasteiger partial charge < -0.3 is 14.6 Å². The molecule has 2 aromatic carbocycles. The summed E-state index contributed by atoms with van der Waals surface area (Å²) in [5.41, 5.74) is 1.28. The summed E-state index contributed by atoms with van der Waals surface area (Å²) in [7, 11) is -0.665. The van der Waals surface area contributed by atoms with E-state index in [0.29, 0.717) is 17.1 Å². The molecule has 1 amide bonds. The SMILES string of the molecule is COc1ccc(-c2noc(CNC(=O)[C@H](c3ccccc3)N(C)S(C)(=O)=O)n2)cc1. The molecule has 0 radical (unpaired) electrons. The van der Waals surface area contributed by atoms with Crippen molar-refractivity contribution < 1.29 is 22.5 Å². The number of aromatic nitrogens is 2. The van der Waals surface area contributed by atoms with Crippen LogP contribution in [-0.4, -0.2) is 49.2 Å². The molecule has 1 atom stereocenters. The molecule has 1 aromatic heterocycles. The number of hydrogen-bond acceptors (Lipinski definition) is 7. The summed E-state index contributed by atoms with van der Waals surface area (Å²) in [5, 5.41) is 6.59. The first-order chi connectivity index (χ1) is 14.3. The molecule has 1 N–H and O–H groups in total. The Kier molecular flexibility index (Phi) is 6.48. The highest BCUT2D eigenvalue weighted by Crippen LogP contribution is 2.23. The minimum atomic E-state index is -3.61. The number of rotatable bonds is 8. The topological polar surface area (TPSA) is 115 Å². The number of ether oxygens (including phenoxy) is 1. The lowest BCUT2D eigenvalue weighted by Crippen LogP contribution is -2.41. The van der Waals surface area contributed by atoms with E-state index in [1.54, 1.807) is 61.7 Å². The van der Waals surface area contributed by atoms with E-state index in [4.69, 9.17) is 9.26 Å². The van der Waals surface area contributed by atoms with Gasteiger partial charge in [-0.2, -0.15) is 9.29 Å². The number of nitrogens with one attached hydrogen (secondary N) is 1. The van der Waals surface area contributed by atoms with Crippen LogP contribution in [0.5, 0.6) is 5.75 Å². The van der Waals surface area contributed by atoms with Crippen LogP contribution in [0.1, 0.15) is 17.5 Å². The lowest BCUT2D eigenvalue weighted by atomic mass is 10.1. The summed E-state index contributed by atoms with van der Waals surface area (Å²) in [6, 6.07) is 14.8. The lowest BCUT2D eigenvalue weighted by Gasteiger charge is -2.25. The van der Waals surface area contributed by atoms with Gasteiger partial charge in [-0.3, -0.25) is 4.79 Å². The minimum absolute atomic E-state index is 0.0388. The number of sulfonamides is 1. The van der Waals surface area contributed by atoms with Crippen molar-refractivity contribution in [2.45, 2.75) is 12.6 Å². The predicted octanol–water partition coefficient (Wildman–Crippen LogP) is 1.99. The molecular formula is C20H22N4O5S. The van der Waals surface area contributed by atoms with Crippen molar-refractivity contribution in [1.29, 1.82) is 0 Å². The molecular weight excluding hydrogens is 408 g/mol. The van der Waals surface area contributed by atoms with Gasteiger partial charge in [0.05, 0.1) is 19.9 Å². The fourth-order valence-corrected chi connectivity index (χ4v) is 3.40. The number of benzene rings is 2. The van der Waals surface area contributed by atoms with E-state index >= 15 is 0 Å². The molecule has 0 aliphatic rings. The van der Waals surface area contributed by atoms with E-state index in [-0.39, 0.29) is 12.4 Å². The van der Waals surface area contributed by atoms with Crippen molar-refractivity contribution in [3.8, 4) is 17.1 Å². The van der Waals surface area contributed by atoms with Gasteiger partial charge >= 0.3 is 0 Å². The standard InChI is InChI=1S/C20H22N4O5S/c1-24(30(3,26)27)18(14-7-5-4-6-8-14)20(25)21-13-17-22-19(23-29-17)15-9-11-16(28-2)12-10-15/h4-12,18H,13H2,1-3H3,(H,21,25)/t18-/m0/s1. The summed E-state index contributed by atoms with van der Waals surface area (Å²) in [6.07, 6.45) is 1.05. The average molecular weight is 430 g/mol. The lowest BCUT2D eigenvalue weighted by molar-refractivity contribution is -0.125. The summed E-state index contributed by atoms with van der Waals surface area (Å²) >= 11 is 0. The molecule has 1 heterocycles. The first-order valence-electron chi connectivity index (χ1n) is 9.02.